The summed E-state index contributed by atoms with van der Waals surface area (Å²) in [6.07, 6.45) is 0.294. The maximum atomic E-state index is 12.9. The number of hydrogen-bond acceptors (Lipinski definition) is 4. The molecule has 0 aliphatic carbocycles. The number of ether oxygens (including phenoxy) is 1. The van der Waals surface area contributed by atoms with Gasteiger partial charge >= 0.3 is 0 Å². The molecule has 0 heterocycles. The van der Waals surface area contributed by atoms with Crippen LogP contribution in [-0.4, -0.2) is 46.4 Å². The number of sulfone groups is 1. The maximum absolute atomic E-state index is 12.9. The Kier molecular flexibility index (Phi) is 8.25. The van der Waals surface area contributed by atoms with Crippen LogP contribution in [0.4, 0.5) is 4.39 Å². The zero-order chi connectivity index (χ0) is 20.4. The van der Waals surface area contributed by atoms with Crippen molar-refractivity contribution in [1.82, 2.24) is 10.6 Å². The van der Waals surface area contributed by atoms with Gasteiger partial charge in [0, 0.05) is 13.6 Å². The molecule has 0 saturated heterocycles. The molecule has 1 atom stereocenters. The molecule has 2 aromatic rings. The summed E-state index contributed by atoms with van der Waals surface area (Å²) in [5.74, 6) is 0.902. The van der Waals surface area contributed by atoms with Gasteiger partial charge in [-0.15, -0.1) is 0 Å². The molecule has 0 fully saturated rings. The second-order valence-corrected chi connectivity index (χ2v) is 8.36. The first-order valence-electron chi connectivity index (χ1n) is 9.05. The van der Waals surface area contributed by atoms with Crippen molar-refractivity contribution >= 4 is 15.8 Å². The monoisotopic (exact) mass is 407 g/mol. The highest BCUT2D eigenvalue weighted by molar-refractivity contribution is 7.91. The number of halogens is 1. The van der Waals surface area contributed by atoms with Crippen LogP contribution in [0.5, 0.6) is 5.75 Å². The number of nitrogens with one attached hydrogen (secondary N) is 2. The average molecular weight is 408 g/mol. The highest BCUT2D eigenvalue weighted by atomic mass is 32.2. The Balaban J connectivity index is 1.70. The van der Waals surface area contributed by atoms with Gasteiger partial charge in [-0.3, -0.25) is 4.99 Å². The molecule has 0 bridgehead atoms. The largest absolute Gasteiger partial charge is 0.489 e. The number of guanidine groups is 1. The van der Waals surface area contributed by atoms with Gasteiger partial charge in [0.05, 0.1) is 17.2 Å². The van der Waals surface area contributed by atoms with Crippen molar-refractivity contribution in [3.63, 3.8) is 0 Å². The molecule has 0 aliphatic heterocycles. The Bertz CT molecular complexity index is 856. The van der Waals surface area contributed by atoms with Crippen molar-refractivity contribution in [3.8, 4) is 5.75 Å². The molecule has 0 saturated carbocycles. The Labute approximate surface area is 165 Å². The summed E-state index contributed by atoms with van der Waals surface area (Å²) >= 11 is 0. The van der Waals surface area contributed by atoms with E-state index in [2.05, 4.69) is 15.6 Å². The molecule has 2 rings (SSSR count). The maximum Gasteiger partial charge on any atom is 0.191 e. The van der Waals surface area contributed by atoms with Crippen LogP contribution >= 0.6 is 0 Å². The van der Waals surface area contributed by atoms with E-state index in [4.69, 9.17) is 4.74 Å². The highest BCUT2D eigenvalue weighted by Crippen LogP contribution is 2.13. The summed E-state index contributed by atoms with van der Waals surface area (Å²) in [6.45, 7) is 2.84. The van der Waals surface area contributed by atoms with Crippen molar-refractivity contribution in [2.75, 3.05) is 25.9 Å². The summed E-state index contributed by atoms with van der Waals surface area (Å²) < 4.78 is 43.1. The first-order chi connectivity index (χ1) is 13.4. The first kappa shape index (κ1) is 21.7. The van der Waals surface area contributed by atoms with E-state index in [9.17, 15) is 12.8 Å². The average Bonchev–Trinajstić information content (AvgIpc) is 2.70. The summed E-state index contributed by atoms with van der Waals surface area (Å²) in [5, 5.41) is 6.21. The minimum Gasteiger partial charge on any atom is -0.489 e. The fraction of sp³-hybridized carbons (Fsp3) is 0.350. The van der Waals surface area contributed by atoms with Gasteiger partial charge in [-0.05, 0) is 49.7 Å². The van der Waals surface area contributed by atoms with Gasteiger partial charge in [0.15, 0.2) is 15.8 Å². The molecular formula is C20H26FN3O3S. The van der Waals surface area contributed by atoms with Crippen molar-refractivity contribution < 1.29 is 17.5 Å². The van der Waals surface area contributed by atoms with E-state index < -0.39 is 9.84 Å². The Morgan fingerprint density at radius 2 is 1.79 bits per heavy atom. The molecule has 1 unspecified atom stereocenters. The third-order valence-electron chi connectivity index (χ3n) is 3.92. The lowest BCUT2D eigenvalue weighted by molar-refractivity contribution is 0.223. The van der Waals surface area contributed by atoms with Gasteiger partial charge in [0.2, 0.25) is 0 Å². The van der Waals surface area contributed by atoms with E-state index in [1.54, 1.807) is 49.5 Å². The molecule has 6 nitrogen and oxygen atoms in total. The molecule has 0 aliphatic rings. The van der Waals surface area contributed by atoms with Crippen molar-refractivity contribution in [1.29, 1.82) is 0 Å². The van der Waals surface area contributed by atoms with Crippen LogP contribution in [0.25, 0.3) is 0 Å². The second-order valence-electron chi connectivity index (χ2n) is 6.25. The predicted octanol–water partition coefficient (Wildman–Crippen LogP) is 2.62. The van der Waals surface area contributed by atoms with E-state index in [1.807, 2.05) is 6.92 Å². The van der Waals surface area contributed by atoms with Gasteiger partial charge in [-0.25, -0.2) is 12.8 Å². The molecule has 2 aromatic carbocycles. The minimum absolute atomic E-state index is 0.0606. The molecule has 28 heavy (non-hydrogen) atoms. The van der Waals surface area contributed by atoms with Crippen molar-refractivity contribution in [2.24, 2.45) is 4.99 Å². The van der Waals surface area contributed by atoms with Crippen LogP contribution in [0, 0.1) is 5.82 Å². The third kappa shape index (κ3) is 7.19. The number of hydrogen-bond donors (Lipinski definition) is 2. The van der Waals surface area contributed by atoms with Crippen LogP contribution in [0.15, 0.2) is 64.5 Å². The van der Waals surface area contributed by atoms with Gasteiger partial charge in [-0.2, -0.15) is 0 Å². The first-order valence-corrected chi connectivity index (χ1v) is 10.7. The molecule has 152 valence electrons. The predicted molar refractivity (Wildman–Crippen MR) is 109 cm³/mol. The molecule has 0 aromatic heterocycles. The lowest BCUT2D eigenvalue weighted by Crippen LogP contribution is -2.42. The highest BCUT2D eigenvalue weighted by Gasteiger charge is 2.13. The smallest absolute Gasteiger partial charge is 0.191 e. The zero-order valence-electron chi connectivity index (χ0n) is 16.1. The second kappa shape index (κ2) is 10.7. The van der Waals surface area contributed by atoms with Crippen molar-refractivity contribution in [2.45, 2.75) is 24.3 Å². The number of benzene rings is 2. The van der Waals surface area contributed by atoms with Crippen LogP contribution in [0.3, 0.4) is 0 Å². The van der Waals surface area contributed by atoms with E-state index >= 15 is 0 Å². The van der Waals surface area contributed by atoms with Crippen LogP contribution in [0.2, 0.25) is 0 Å². The van der Waals surface area contributed by atoms with Gasteiger partial charge in [0.25, 0.3) is 0 Å². The van der Waals surface area contributed by atoms with E-state index in [0.717, 1.165) is 0 Å². The normalized spacial score (nSPS) is 13.0. The van der Waals surface area contributed by atoms with Gasteiger partial charge in [-0.1, -0.05) is 18.2 Å². The minimum atomic E-state index is -3.28. The fourth-order valence-electron chi connectivity index (χ4n) is 2.46. The molecule has 0 spiro atoms. The van der Waals surface area contributed by atoms with Gasteiger partial charge < -0.3 is 15.4 Å². The standard InChI is InChI=1S/C20H26FN3O3S/c1-16(27-18-11-9-17(21)10-12-18)15-24-20(22-2)23-13-6-14-28(25,26)19-7-4-3-5-8-19/h3-5,7-12,16H,6,13-15H2,1-2H3,(H2,22,23,24). The molecule has 8 heteroatoms. The summed E-state index contributed by atoms with van der Waals surface area (Å²) in [5.41, 5.74) is 0. The molecule has 0 amide bonds. The molecule has 0 radical (unpaired) electrons. The van der Waals surface area contributed by atoms with E-state index in [-0.39, 0.29) is 17.7 Å². The number of nitrogens with zero attached hydrogens (tertiary/aromatic N) is 1. The third-order valence-corrected chi connectivity index (χ3v) is 5.73. The SMILES string of the molecule is CN=C(NCCCS(=O)(=O)c1ccccc1)NCC(C)Oc1ccc(F)cc1. The van der Waals surface area contributed by atoms with Crippen LogP contribution in [-0.2, 0) is 9.84 Å². The van der Waals surface area contributed by atoms with Gasteiger partial charge in [0.1, 0.15) is 17.7 Å². The number of rotatable bonds is 9. The summed E-state index contributed by atoms with van der Waals surface area (Å²) in [4.78, 5) is 4.45. The quantitative estimate of drug-likeness (QED) is 0.380. The summed E-state index contributed by atoms with van der Waals surface area (Å²) in [7, 11) is -1.63. The van der Waals surface area contributed by atoms with Crippen LogP contribution < -0.4 is 15.4 Å². The van der Waals surface area contributed by atoms with E-state index in [1.165, 1.54) is 12.1 Å². The Hall–Kier alpha value is -2.61. The topological polar surface area (TPSA) is 79.8 Å². The Morgan fingerprint density at radius 1 is 1.11 bits per heavy atom. The fourth-order valence-corrected chi connectivity index (χ4v) is 3.79. The number of aliphatic imine (C=N–C) groups is 1. The lowest BCUT2D eigenvalue weighted by Gasteiger charge is -2.17. The zero-order valence-corrected chi connectivity index (χ0v) is 16.9. The van der Waals surface area contributed by atoms with Crippen LogP contribution in [0.1, 0.15) is 13.3 Å². The lowest BCUT2D eigenvalue weighted by atomic mass is 10.3. The summed E-state index contributed by atoms with van der Waals surface area (Å²) in [6, 6.07) is 14.3. The Morgan fingerprint density at radius 3 is 2.43 bits per heavy atom. The molecule has 2 N–H and O–H groups in total. The van der Waals surface area contributed by atoms with E-state index in [0.29, 0.717) is 36.1 Å². The van der Waals surface area contributed by atoms with Crippen molar-refractivity contribution in [3.05, 3.63) is 60.4 Å². The molecular weight excluding hydrogens is 381 g/mol.